The maximum Gasteiger partial charge on any atom is 0.270 e. The molecule has 5 rings (SSSR count). The zero-order valence-corrected chi connectivity index (χ0v) is 20.2. The highest BCUT2D eigenvalue weighted by atomic mass is 19.1. The summed E-state index contributed by atoms with van der Waals surface area (Å²) >= 11 is 0. The predicted octanol–water partition coefficient (Wildman–Crippen LogP) is 6.76. The van der Waals surface area contributed by atoms with E-state index >= 15 is 0 Å². The lowest BCUT2D eigenvalue weighted by atomic mass is 9.78. The smallest absolute Gasteiger partial charge is 0.270 e. The fraction of sp³-hybridized carbons (Fsp3) is 0.167. The monoisotopic (exact) mass is 514 g/mol. The van der Waals surface area contributed by atoms with E-state index in [0.29, 0.717) is 29.7 Å². The molecule has 1 aliphatic heterocycles. The minimum atomic E-state index is -0.847. The molecular formula is C30H24F2N2O4. The van der Waals surface area contributed by atoms with Crippen molar-refractivity contribution in [2.75, 3.05) is 4.90 Å². The molecule has 4 aromatic rings. The Labute approximate surface area is 217 Å². The van der Waals surface area contributed by atoms with Gasteiger partial charge in [-0.25, -0.2) is 8.78 Å². The van der Waals surface area contributed by atoms with E-state index in [2.05, 4.69) is 0 Å². The molecule has 0 radical (unpaired) electrons. The number of rotatable bonds is 8. The van der Waals surface area contributed by atoms with Gasteiger partial charge in [-0.15, -0.1) is 0 Å². The molecule has 0 aliphatic carbocycles. The summed E-state index contributed by atoms with van der Waals surface area (Å²) in [7, 11) is 0. The molecule has 1 fully saturated rings. The van der Waals surface area contributed by atoms with Gasteiger partial charge in [0.05, 0.1) is 23.0 Å². The van der Waals surface area contributed by atoms with Crippen molar-refractivity contribution in [2.24, 2.45) is 5.92 Å². The molecule has 4 aromatic carbocycles. The van der Waals surface area contributed by atoms with Crippen LogP contribution in [0.25, 0.3) is 11.1 Å². The van der Waals surface area contributed by atoms with E-state index in [1.54, 1.807) is 29.2 Å². The fourth-order valence-electron chi connectivity index (χ4n) is 4.96. The Kier molecular flexibility index (Phi) is 6.98. The molecular weight excluding hydrogens is 490 g/mol. The van der Waals surface area contributed by atoms with E-state index in [0.717, 1.165) is 11.1 Å². The van der Waals surface area contributed by atoms with Crippen LogP contribution in [0.15, 0.2) is 97.1 Å². The highest BCUT2D eigenvalue weighted by Gasteiger charge is 2.48. The second-order valence-electron chi connectivity index (χ2n) is 9.31. The van der Waals surface area contributed by atoms with Crippen molar-refractivity contribution in [3.8, 4) is 11.1 Å². The number of halogens is 2. The molecule has 1 aliphatic rings. The van der Waals surface area contributed by atoms with Gasteiger partial charge >= 0.3 is 0 Å². The lowest BCUT2D eigenvalue weighted by Crippen LogP contribution is -2.55. The van der Waals surface area contributed by atoms with Gasteiger partial charge < -0.3 is 10.0 Å². The first-order valence-electron chi connectivity index (χ1n) is 12.2. The lowest BCUT2D eigenvalue weighted by Gasteiger charge is -2.48. The molecule has 2 unspecified atom stereocenters. The minimum absolute atomic E-state index is 0.00146. The zero-order chi connectivity index (χ0) is 26.8. The molecule has 1 amide bonds. The number of nitrogens with zero attached hydrogens (tertiary/aromatic N) is 2. The van der Waals surface area contributed by atoms with Gasteiger partial charge in [0.1, 0.15) is 11.6 Å². The van der Waals surface area contributed by atoms with E-state index in [9.17, 15) is 28.8 Å². The van der Waals surface area contributed by atoms with Crippen LogP contribution >= 0.6 is 0 Å². The van der Waals surface area contributed by atoms with Crippen molar-refractivity contribution < 1.29 is 23.6 Å². The molecule has 3 atom stereocenters. The molecule has 192 valence electrons. The highest BCUT2D eigenvalue weighted by Crippen LogP contribution is 2.46. The summed E-state index contributed by atoms with van der Waals surface area (Å²) in [5.41, 5.74) is 3.48. The van der Waals surface area contributed by atoms with Gasteiger partial charge in [-0.3, -0.25) is 14.9 Å². The quantitative estimate of drug-likeness (QED) is 0.160. The van der Waals surface area contributed by atoms with Crippen LogP contribution in [0.5, 0.6) is 0 Å². The van der Waals surface area contributed by atoms with Crippen LogP contribution in [0, 0.1) is 27.7 Å². The Morgan fingerprint density at radius 1 is 0.868 bits per heavy atom. The largest absolute Gasteiger partial charge is 0.388 e. The summed E-state index contributed by atoms with van der Waals surface area (Å²) in [4.78, 5) is 25.6. The summed E-state index contributed by atoms with van der Waals surface area (Å²) in [5, 5.41) is 21.8. The first kappa shape index (κ1) is 25.2. The Balaban J connectivity index is 1.40. The number of carbonyl (C=O) groups is 1. The topological polar surface area (TPSA) is 83.7 Å². The first-order valence-corrected chi connectivity index (χ1v) is 12.2. The van der Waals surface area contributed by atoms with E-state index in [1.165, 1.54) is 48.5 Å². The van der Waals surface area contributed by atoms with E-state index in [1.807, 2.05) is 24.3 Å². The number of benzene rings is 4. The number of carbonyl (C=O) groups excluding carboxylic acids is 1. The molecule has 0 bridgehead atoms. The van der Waals surface area contributed by atoms with E-state index in [-0.39, 0.29) is 17.6 Å². The maximum atomic E-state index is 13.5. The number of amides is 1. The Morgan fingerprint density at radius 2 is 1.50 bits per heavy atom. The number of hydrogen-bond acceptors (Lipinski definition) is 4. The van der Waals surface area contributed by atoms with E-state index < -0.39 is 28.6 Å². The summed E-state index contributed by atoms with van der Waals surface area (Å²) in [6, 6.07) is 24.8. The van der Waals surface area contributed by atoms with Crippen molar-refractivity contribution in [3.05, 3.63) is 130 Å². The second kappa shape index (κ2) is 10.5. The minimum Gasteiger partial charge on any atom is -0.388 e. The number of non-ortho nitro benzene ring substituents is 1. The molecule has 0 spiro atoms. The van der Waals surface area contributed by atoms with Crippen LogP contribution in [0.2, 0.25) is 0 Å². The standard InChI is InChI=1S/C30H24F2N2O4/c31-23-10-8-20(9-11-23)28(35)17-16-27-29(33(30(27)36)25-14-12-24(32)13-15-25)21-6-4-19(5-7-21)22-2-1-3-26(18-22)34(37)38/h1-15,18,27-29,35H,16-17H2/t27?,28-,29?/m0/s1. The SMILES string of the molecule is O=C1C(CC[C@H](O)c2ccc(F)cc2)C(c2ccc(-c3cccc([N+](=O)[O-])c3)cc2)N1c1ccc(F)cc1. The number of β-lactam (4-membered cyclic amide) rings is 1. The third-order valence-electron chi connectivity index (χ3n) is 6.97. The Bertz CT molecular complexity index is 1460. The summed E-state index contributed by atoms with van der Waals surface area (Å²) in [6.45, 7) is 0. The Morgan fingerprint density at radius 3 is 2.13 bits per heavy atom. The van der Waals surface area contributed by atoms with Crippen LogP contribution < -0.4 is 4.90 Å². The number of hydrogen-bond donors (Lipinski definition) is 1. The molecule has 6 nitrogen and oxygen atoms in total. The average molecular weight is 515 g/mol. The summed E-state index contributed by atoms with van der Waals surface area (Å²) in [6.07, 6.45) is -0.145. The van der Waals surface area contributed by atoms with Crippen molar-refractivity contribution in [2.45, 2.75) is 25.0 Å². The van der Waals surface area contributed by atoms with Crippen molar-refractivity contribution in [1.82, 2.24) is 0 Å². The maximum absolute atomic E-state index is 13.5. The third kappa shape index (κ3) is 5.03. The molecule has 1 saturated heterocycles. The normalized spacial score (nSPS) is 17.7. The third-order valence-corrected chi connectivity index (χ3v) is 6.97. The number of aliphatic hydroxyl groups is 1. The van der Waals surface area contributed by atoms with Crippen molar-refractivity contribution >= 4 is 17.3 Å². The summed E-state index contributed by atoms with van der Waals surface area (Å²) < 4.78 is 26.8. The molecule has 38 heavy (non-hydrogen) atoms. The van der Waals surface area contributed by atoms with Gasteiger partial charge in [0.25, 0.3) is 5.69 Å². The number of aliphatic hydroxyl groups excluding tert-OH is 1. The van der Waals surface area contributed by atoms with Crippen LogP contribution in [0.3, 0.4) is 0 Å². The van der Waals surface area contributed by atoms with Crippen LogP contribution in [-0.2, 0) is 4.79 Å². The summed E-state index contributed by atoms with van der Waals surface area (Å²) in [5.74, 6) is -1.34. The number of anilines is 1. The van der Waals surface area contributed by atoms with Gasteiger partial charge in [-0.05, 0) is 71.5 Å². The highest BCUT2D eigenvalue weighted by molar-refractivity contribution is 6.03. The van der Waals surface area contributed by atoms with Crippen LogP contribution in [-0.4, -0.2) is 15.9 Å². The zero-order valence-electron chi connectivity index (χ0n) is 20.2. The van der Waals surface area contributed by atoms with Gasteiger partial charge in [-0.2, -0.15) is 0 Å². The number of nitro groups is 1. The fourth-order valence-corrected chi connectivity index (χ4v) is 4.96. The second-order valence-corrected chi connectivity index (χ2v) is 9.31. The number of nitro benzene ring substituents is 1. The van der Waals surface area contributed by atoms with E-state index in [4.69, 9.17) is 0 Å². The van der Waals surface area contributed by atoms with Crippen LogP contribution in [0.4, 0.5) is 20.2 Å². The predicted molar refractivity (Wildman–Crippen MR) is 139 cm³/mol. The van der Waals surface area contributed by atoms with Crippen molar-refractivity contribution in [1.29, 1.82) is 0 Å². The first-order chi connectivity index (χ1) is 18.3. The van der Waals surface area contributed by atoms with Gasteiger partial charge in [0.15, 0.2) is 0 Å². The lowest BCUT2D eigenvalue weighted by molar-refractivity contribution is -0.384. The Hall–Kier alpha value is -4.43. The van der Waals surface area contributed by atoms with Gasteiger partial charge in [0, 0.05) is 17.8 Å². The average Bonchev–Trinajstić information content (AvgIpc) is 2.93. The molecule has 0 saturated carbocycles. The van der Waals surface area contributed by atoms with Gasteiger partial charge in [-0.1, -0.05) is 48.5 Å². The molecule has 1 heterocycles. The molecule has 0 aromatic heterocycles. The molecule has 1 N–H and O–H groups in total. The van der Waals surface area contributed by atoms with Crippen molar-refractivity contribution in [3.63, 3.8) is 0 Å². The molecule has 8 heteroatoms. The van der Waals surface area contributed by atoms with Crippen LogP contribution in [0.1, 0.15) is 36.1 Å². The van der Waals surface area contributed by atoms with Gasteiger partial charge in [0.2, 0.25) is 5.91 Å².